The summed E-state index contributed by atoms with van der Waals surface area (Å²) in [6, 6.07) is 11.0. The van der Waals surface area contributed by atoms with Crippen LogP contribution in [0.25, 0.3) is 16.6 Å². The highest BCUT2D eigenvalue weighted by molar-refractivity contribution is 6.04. The van der Waals surface area contributed by atoms with Gasteiger partial charge in [-0.15, -0.1) is 0 Å². The molecule has 2 amide bonds. The van der Waals surface area contributed by atoms with Crippen LogP contribution in [0.5, 0.6) is 0 Å². The van der Waals surface area contributed by atoms with Gasteiger partial charge in [-0.1, -0.05) is 17.9 Å². The molecule has 0 aliphatic rings. The van der Waals surface area contributed by atoms with Gasteiger partial charge in [0.15, 0.2) is 5.69 Å². The molecule has 2 aromatic carbocycles. The minimum Gasteiger partial charge on any atom is -0.380 e. The topological polar surface area (TPSA) is 101 Å². The van der Waals surface area contributed by atoms with Crippen molar-refractivity contribution in [3.63, 3.8) is 0 Å². The number of nitrogens with zero attached hydrogens (tertiary/aromatic N) is 3. The molecule has 0 aliphatic heterocycles. The van der Waals surface area contributed by atoms with Gasteiger partial charge >= 0.3 is 0 Å². The zero-order valence-electron chi connectivity index (χ0n) is 16.4. The number of amides is 2. The Bertz CT molecular complexity index is 1150. The molecule has 0 fully saturated rings. The summed E-state index contributed by atoms with van der Waals surface area (Å²) < 4.78 is 15.2. The third-order valence-electron chi connectivity index (χ3n) is 4.52. The van der Waals surface area contributed by atoms with Gasteiger partial charge < -0.3 is 15.7 Å². The number of aliphatic hydroxyl groups is 1. The van der Waals surface area contributed by atoms with Crippen molar-refractivity contribution >= 4 is 23.2 Å². The fraction of sp³-hybridized carbons (Fsp3) is 0.227. The van der Waals surface area contributed by atoms with Gasteiger partial charge in [0.2, 0.25) is 6.41 Å². The van der Waals surface area contributed by atoms with E-state index in [1.165, 1.54) is 27.8 Å². The molecule has 30 heavy (non-hydrogen) atoms. The third-order valence-corrected chi connectivity index (χ3v) is 4.52. The normalized spacial score (nSPS) is 11.6. The Morgan fingerprint density at radius 1 is 1.37 bits per heavy atom. The molecule has 0 radical (unpaired) electrons. The number of fused-ring (bicyclic) bond motifs is 1. The predicted octanol–water partition coefficient (Wildman–Crippen LogP) is 1.84. The lowest BCUT2D eigenvalue weighted by Gasteiger charge is -2.10. The molecule has 0 unspecified atom stereocenters. The van der Waals surface area contributed by atoms with Crippen LogP contribution in [0.15, 0.2) is 42.5 Å². The summed E-state index contributed by atoms with van der Waals surface area (Å²) in [7, 11) is 1.67. The van der Waals surface area contributed by atoms with Crippen molar-refractivity contribution in [3.05, 3.63) is 59.5 Å². The minimum atomic E-state index is -0.824. The average Bonchev–Trinajstić information content (AvgIpc) is 3.11. The molecular weight excluding hydrogens is 387 g/mol. The lowest BCUT2D eigenvalue weighted by atomic mass is 10.1. The minimum absolute atomic E-state index is 0.0530. The monoisotopic (exact) mass is 408 g/mol. The van der Waals surface area contributed by atoms with Crippen molar-refractivity contribution in [2.45, 2.75) is 18.9 Å². The number of hydrogen-bond donors (Lipinski definition) is 2. The summed E-state index contributed by atoms with van der Waals surface area (Å²) in [5.74, 6) is 4.52. The van der Waals surface area contributed by atoms with Gasteiger partial charge in [-0.2, -0.15) is 5.10 Å². The number of benzene rings is 2. The molecule has 0 saturated heterocycles. The summed E-state index contributed by atoms with van der Waals surface area (Å²) in [6.45, 7) is 0.544. The van der Waals surface area contributed by atoms with Crippen molar-refractivity contribution in [1.29, 1.82) is 0 Å². The maximum Gasteiger partial charge on any atom is 0.269 e. The summed E-state index contributed by atoms with van der Waals surface area (Å²) in [4.78, 5) is 23.8. The zero-order valence-corrected chi connectivity index (χ0v) is 16.4. The summed E-state index contributed by atoms with van der Waals surface area (Å²) in [5.41, 5.74) is 7.07. The Hall–Kier alpha value is -3.70. The van der Waals surface area contributed by atoms with Crippen LogP contribution in [0, 0.1) is 17.7 Å². The van der Waals surface area contributed by atoms with Gasteiger partial charge in [0.05, 0.1) is 11.2 Å². The average molecular weight is 408 g/mol. The van der Waals surface area contributed by atoms with Crippen molar-refractivity contribution < 1.29 is 19.1 Å². The molecule has 3 rings (SSSR count). The molecule has 0 spiro atoms. The smallest absolute Gasteiger partial charge is 0.269 e. The number of primary amides is 1. The molecule has 7 nitrogen and oxygen atoms in total. The molecule has 3 N–H and O–H groups in total. The van der Waals surface area contributed by atoms with E-state index in [0.29, 0.717) is 41.5 Å². The van der Waals surface area contributed by atoms with E-state index in [9.17, 15) is 19.1 Å². The van der Waals surface area contributed by atoms with Crippen LogP contribution in [0.1, 0.15) is 28.9 Å². The van der Waals surface area contributed by atoms with Crippen LogP contribution in [0.4, 0.5) is 4.39 Å². The Kier molecular flexibility index (Phi) is 6.45. The molecular formula is C22H21FN4O3. The summed E-state index contributed by atoms with van der Waals surface area (Å²) in [5, 5.41) is 14.7. The highest BCUT2D eigenvalue weighted by Gasteiger charge is 2.16. The van der Waals surface area contributed by atoms with Crippen molar-refractivity contribution in [2.24, 2.45) is 5.73 Å². The van der Waals surface area contributed by atoms with Crippen LogP contribution >= 0.6 is 0 Å². The number of halogens is 1. The van der Waals surface area contributed by atoms with Crippen LogP contribution in [0.3, 0.4) is 0 Å². The van der Waals surface area contributed by atoms with E-state index in [0.717, 1.165) is 6.41 Å². The molecule has 0 bridgehead atoms. The quantitative estimate of drug-likeness (QED) is 0.460. The maximum absolute atomic E-state index is 13.8. The molecule has 1 aromatic heterocycles. The largest absolute Gasteiger partial charge is 0.380 e. The Morgan fingerprint density at radius 2 is 2.17 bits per heavy atom. The Balaban J connectivity index is 1.86. The van der Waals surface area contributed by atoms with E-state index in [1.807, 2.05) is 0 Å². The Labute approximate surface area is 172 Å². The molecule has 8 heteroatoms. The van der Waals surface area contributed by atoms with Gasteiger partial charge in [-0.3, -0.25) is 9.59 Å². The number of rotatable bonds is 7. The zero-order chi connectivity index (χ0) is 21.7. The predicted molar refractivity (Wildman–Crippen MR) is 110 cm³/mol. The summed E-state index contributed by atoms with van der Waals surface area (Å²) >= 11 is 0. The van der Waals surface area contributed by atoms with Crippen molar-refractivity contribution in [1.82, 2.24) is 14.7 Å². The Morgan fingerprint density at radius 3 is 2.90 bits per heavy atom. The van der Waals surface area contributed by atoms with E-state index in [4.69, 9.17) is 5.73 Å². The molecule has 1 atom stereocenters. The highest BCUT2D eigenvalue weighted by atomic mass is 19.1. The second kappa shape index (κ2) is 9.20. The second-order valence-corrected chi connectivity index (χ2v) is 6.85. The lowest BCUT2D eigenvalue weighted by Crippen LogP contribution is -2.18. The fourth-order valence-electron chi connectivity index (χ4n) is 3.01. The van der Waals surface area contributed by atoms with Crippen LogP contribution in [-0.4, -0.2) is 51.8 Å². The number of nitrogens with two attached hydrogens (primary N) is 1. The molecule has 154 valence electrons. The number of aliphatic hydroxyl groups excluding tert-OH is 1. The number of hydrogen-bond acceptors (Lipinski definition) is 4. The SMILES string of the molecule is CN(C=O)CCC[C@@H](O)C#Cc1cccc(-n2nc(C(N)=O)c3ccc(F)cc32)c1. The molecule has 0 saturated carbocycles. The molecule has 3 aromatic rings. The van der Waals surface area contributed by atoms with Gasteiger partial charge in [-0.25, -0.2) is 9.07 Å². The number of carbonyl (C=O) groups is 2. The van der Waals surface area contributed by atoms with Gasteiger partial charge in [-0.05, 0) is 43.2 Å². The van der Waals surface area contributed by atoms with Crippen LogP contribution < -0.4 is 5.73 Å². The lowest BCUT2D eigenvalue weighted by molar-refractivity contribution is -0.117. The first kappa shape index (κ1) is 21.0. The number of aromatic nitrogens is 2. The van der Waals surface area contributed by atoms with E-state index >= 15 is 0 Å². The van der Waals surface area contributed by atoms with Crippen molar-refractivity contribution in [2.75, 3.05) is 13.6 Å². The maximum atomic E-state index is 13.8. The third kappa shape index (κ3) is 4.82. The first-order chi connectivity index (χ1) is 14.4. The number of carbonyl (C=O) groups excluding carboxylic acids is 2. The van der Waals surface area contributed by atoms with E-state index in [1.54, 1.807) is 31.3 Å². The van der Waals surface area contributed by atoms with Gasteiger partial charge in [0.1, 0.15) is 11.9 Å². The van der Waals surface area contributed by atoms with Crippen molar-refractivity contribution in [3.8, 4) is 17.5 Å². The molecule has 0 aliphatic carbocycles. The second-order valence-electron chi connectivity index (χ2n) is 6.85. The van der Waals surface area contributed by atoms with Crippen LogP contribution in [0.2, 0.25) is 0 Å². The highest BCUT2D eigenvalue weighted by Crippen LogP contribution is 2.23. The van der Waals surface area contributed by atoms with Crippen LogP contribution in [-0.2, 0) is 4.79 Å². The van der Waals surface area contributed by atoms with Gasteiger partial charge in [0.25, 0.3) is 5.91 Å². The van der Waals surface area contributed by atoms with Gasteiger partial charge in [0, 0.05) is 30.6 Å². The first-order valence-corrected chi connectivity index (χ1v) is 9.32. The summed E-state index contributed by atoms with van der Waals surface area (Å²) in [6.07, 6.45) is 0.981. The fourth-order valence-corrected chi connectivity index (χ4v) is 3.01. The van der Waals surface area contributed by atoms with E-state index in [-0.39, 0.29) is 5.69 Å². The molecule has 1 heterocycles. The van der Waals surface area contributed by atoms with E-state index in [2.05, 4.69) is 16.9 Å². The standard InChI is InChI=1S/C22H21FN4O3/c1-26(14-28)11-3-6-18(29)9-7-15-4-2-5-17(12-15)27-20-13-16(23)8-10-19(20)21(25-27)22(24)30/h2,4-5,8,10,12-14,18,29H,3,6,11H2,1H3,(H2,24,30)/t18-/m1/s1. The van der Waals surface area contributed by atoms with E-state index < -0.39 is 17.8 Å². The first-order valence-electron chi connectivity index (χ1n) is 9.32.